The number of aryl methyl sites for hydroxylation is 1. The van der Waals surface area contributed by atoms with Gasteiger partial charge in [-0.2, -0.15) is 5.10 Å². The van der Waals surface area contributed by atoms with E-state index in [1.54, 1.807) is 0 Å². The summed E-state index contributed by atoms with van der Waals surface area (Å²) in [6.45, 7) is 8.19. The summed E-state index contributed by atoms with van der Waals surface area (Å²) in [6.07, 6.45) is 2.90. The Kier molecular flexibility index (Phi) is 5.33. The largest absolute Gasteiger partial charge is 0.481 e. The Morgan fingerprint density at radius 1 is 1.25 bits per heavy atom. The maximum Gasteiger partial charge on any atom is 0.303 e. The molecule has 0 bridgehead atoms. The smallest absolute Gasteiger partial charge is 0.303 e. The summed E-state index contributed by atoms with van der Waals surface area (Å²) >= 11 is 0. The van der Waals surface area contributed by atoms with Gasteiger partial charge < -0.3 is 10.0 Å². The van der Waals surface area contributed by atoms with Crippen LogP contribution in [0.15, 0.2) is 24.3 Å². The standard InChI is InChI=1S/C22H29N3O3/c1-14-19(10-11-20(26)27)15(2)25(23-14)18-8-6-17(7-9-18)21(28)24(5)16(3)22(4)12-13-22/h6-9,16H,10-13H2,1-5H3,(H,26,27). The Labute approximate surface area is 166 Å². The van der Waals surface area contributed by atoms with E-state index in [1.807, 2.05) is 54.7 Å². The van der Waals surface area contributed by atoms with Crippen molar-refractivity contribution in [3.05, 3.63) is 46.8 Å². The van der Waals surface area contributed by atoms with Gasteiger partial charge in [-0.3, -0.25) is 9.59 Å². The molecule has 1 amide bonds. The number of carboxylic acids is 1. The minimum atomic E-state index is -0.812. The highest BCUT2D eigenvalue weighted by Crippen LogP contribution is 2.49. The summed E-state index contributed by atoms with van der Waals surface area (Å²) in [5, 5.41) is 13.5. The van der Waals surface area contributed by atoms with Gasteiger partial charge in [-0.25, -0.2) is 4.68 Å². The lowest BCUT2D eigenvalue weighted by Crippen LogP contribution is -2.40. The van der Waals surface area contributed by atoms with E-state index in [4.69, 9.17) is 5.11 Å². The molecule has 1 saturated carbocycles. The van der Waals surface area contributed by atoms with E-state index >= 15 is 0 Å². The van der Waals surface area contributed by atoms with Crippen LogP contribution >= 0.6 is 0 Å². The van der Waals surface area contributed by atoms with E-state index in [-0.39, 0.29) is 23.8 Å². The lowest BCUT2D eigenvalue weighted by molar-refractivity contribution is -0.136. The Hall–Kier alpha value is -2.63. The Morgan fingerprint density at radius 3 is 2.39 bits per heavy atom. The summed E-state index contributed by atoms with van der Waals surface area (Å²) in [5.41, 5.74) is 4.52. The Bertz CT molecular complexity index is 894. The number of benzene rings is 1. The number of aliphatic carboxylic acids is 1. The highest BCUT2D eigenvalue weighted by atomic mass is 16.4. The van der Waals surface area contributed by atoms with Crippen LogP contribution in [0.4, 0.5) is 0 Å². The third-order valence-electron chi connectivity index (χ3n) is 6.34. The molecule has 1 N–H and O–H groups in total. The molecule has 3 rings (SSSR count). The predicted octanol–water partition coefficient (Wildman–Crippen LogP) is 3.77. The van der Waals surface area contributed by atoms with Crippen LogP contribution in [0.1, 0.15) is 60.4 Å². The third kappa shape index (κ3) is 3.81. The number of carbonyl (C=O) groups is 2. The highest BCUT2D eigenvalue weighted by Gasteiger charge is 2.45. The van der Waals surface area contributed by atoms with Crippen LogP contribution in [0.2, 0.25) is 0 Å². The maximum absolute atomic E-state index is 12.8. The number of carboxylic acid groups (broad SMARTS) is 1. The summed E-state index contributed by atoms with van der Waals surface area (Å²) in [4.78, 5) is 25.6. The molecule has 28 heavy (non-hydrogen) atoms. The van der Waals surface area contributed by atoms with Crippen LogP contribution in [-0.4, -0.2) is 44.8 Å². The lowest BCUT2D eigenvalue weighted by Gasteiger charge is -2.30. The van der Waals surface area contributed by atoms with E-state index in [1.165, 1.54) is 12.8 Å². The molecule has 1 fully saturated rings. The number of hydrogen-bond donors (Lipinski definition) is 1. The fourth-order valence-electron chi connectivity index (χ4n) is 3.73. The second-order valence-corrected chi connectivity index (χ2v) is 8.25. The van der Waals surface area contributed by atoms with Crippen molar-refractivity contribution < 1.29 is 14.7 Å². The van der Waals surface area contributed by atoms with Gasteiger partial charge in [0, 0.05) is 30.8 Å². The topological polar surface area (TPSA) is 75.4 Å². The zero-order valence-corrected chi connectivity index (χ0v) is 17.3. The van der Waals surface area contributed by atoms with Crippen molar-refractivity contribution in [3.8, 4) is 5.69 Å². The zero-order chi connectivity index (χ0) is 20.6. The molecule has 1 unspecified atom stereocenters. The van der Waals surface area contributed by atoms with Gasteiger partial charge >= 0.3 is 5.97 Å². The molecule has 6 heteroatoms. The molecule has 1 aromatic heterocycles. The molecular weight excluding hydrogens is 354 g/mol. The van der Waals surface area contributed by atoms with Gasteiger partial charge in [-0.05, 0) is 75.3 Å². The predicted molar refractivity (Wildman–Crippen MR) is 108 cm³/mol. The minimum Gasteiger partial charge on any atom is -0.481 e. The summed E-state index contributed by atoms with van der Waals surface area (Å²) in [7, 11) is 1.88. The van der Waals surface area contributed by atoms with E-state index in [0.717, 1.165) is 22.6 Å². The highest BCUT2D eigenvalue weighted by molar-refractivity contribution is 5.94. The van der Waals surface area contributed by atoms with E-state index in [2.05, 4.69) is 18.9 Å². The number of rotatable bonds is 7. The third-order valence-corrected chi connectivity index (χ3v) is 6.34. The monoisotopic (exact) mass is 383 g/mol. The van der Waals surface area contributed by atoms with Gasteiger partial charge in [0.25, 0.3) is 5.91 Å². The van der Waals surface area contributed by atoms with Crippen molar-refractivity contribution in [1.82, 2.24) is 14.7 Å². The van der Waals surface area contributed by atoms with E-state index < -0.39 is 5.97 Å². The average Bonchev–Trinajstić information content (AvgIpc) is 3.36. The number of aromatic nitrogens is 2. The van der Waals surface area contributed by atoms with Gasteiger partial charge in [-0.15, -0.1) is 0 Å². The molecule has 1 aliphatic carbocycles. The number of hydrogen-bond acceptors (Lipinski definition) is 3. The molecule has 6 nitrogen and oxygen atoms in total. The minimum absolute atomic E-state index is 0.0303. The second kappa shape index (κ2) is 7.41. The zero-order valence-electron chi connectivity index (χ0n) is 17.3. The van der Waals surface area contributed by atoms with Gasteiger partial charge in [0.1, 0.15) is 0 Å². The molecule has 0 radical (unpaired) electrons. The van der Waals surface area contributed by atoms with Crippen LogP contribution in [-0.2, 0) is 11.2 Å². The van der Waals surface area contributed by atoms with Gasteiger partial charge in [0.2, 0.25) is 0 Å². The van der Waals surface area contributed by atoms with Crippen molar-refractivity contribution in [2.45, 2.75) is 59.4 Å². The number of carbonyl (C=O) groups excluding carboxylic acids is 1. The van der Waals surface area contributed by atoms with Crippen molar-refractivity contribution in [3.63, 3.8) is 0 Å². The molecular formula is C22H29N3O3. The molecule has 1 aromatic carbocycles. The maximum atomic E-state index is 12.8. The molecule has 1 heterocycles. The van der Waals surface area contributed by atoms with Crippen molar-refractivity contribution in [2.24, 2.45) is 5.41 Å². The number of nitrogens with zero attached hydrogens (tertiary/aromatic N) is 3. The lowest BCUT2D eigenvalue weighted by atomic mass is 9.99. The van der Waals surface area contributed by atoms with Gasteiger partial charge in [-0.1, -0.05) is 6.92 Å². The van der Waals surface area contributed by atoms with Crippen molar-refractivity contribution in [2.75, 3.05) is 7.05 Å². The first kappa shape index (κ1) is 20.1. The first-order chi connectivity index (χ1) is 13.1. The normalized spacial score (nSPS) is 15.9. The molecule has 0 spiro atoms. The van der Waals surface area contributed by atoms with Crippen LogP contribution in [0.25, 0.3) is 5.69 Å². The summed E-state index contributed by atoms with van der Waals surface area (Å²) in [6, 6.07) is 7.68. The Balaban J connectivity index is 1.78. The molecule has 150 valence electrons. The quantitative estimate of drug-likeness (QED) is 0.790. The molecule has 0 aliphatic heterocycles. The van der Waals surface area contributed by atoms with Crippen molar-refractivity contribution in [1.29, 1.82) is 0 Å². The second-order valence-electron chi connectivity index (χ2n) is 8.25. The fourth-order valence-corrected chi connectivity index (χ4v) is 3.73. The summed E-state index contributed by atoms with van der Waals surface area (Å²) in [5.74, 6) is -0.782. The van der Waals surface area contributed by atoms with Crippen LogP contribution in [0.5, 0.6) is 0 Å². The average molecular weight is 383 g/mol. The first-order valence-electron chi connectivity index (χ1n) is 9.78. The van der Waals surface area contributed by atoms with Crippen LogP contribution in [0.3, 0.4) is 0 Å². The number of amides is 1. The molecule has 0 saturated heterocycles. The SMILES string of the molecule is Cc1nn(-c2ccc(C(=O)N(C)C(C)C3(C)CC3)cc2)c(C)c1CCC(=O)O. The van der Waals surface area contributed by atoms with Crippen LogP contribution in [0, 0.1) is 19.3 Å². The van der Waals surface area contributed by atoms with Gasteiger partial charge in [0.15, 0.2) is 0 Å². The van der Waals surface area contributed by atoms with E-state index in [9.17, 15) is 9.59 Å². The Morgan fingerprint density at radius 2 is 1.86 bits per heavy atom. The van der Waals surface area contributed by atoms with Crippen LogP contribution < -0.4 is 0 Å². The summed E-state index contributed by atoms with van der Waals surface area (Å²) < 4.78 is 1.82. The van der Waals surface area contributed by atoms with Gasteiger partial charge in [0.05, 0.1) is 11.4 Å². The van der Waals surface area contributed by atoms with Crippen molar-refractivity contribution >= 4 is 11.9 Å². The first-order valence-corrected chi connectivity index (χ1v) is 9.78. The fraction of sp³-hybridized carbons (Fsp3) is 0.500. The molecule has 1 atom stereocenters. The van der Waals surface area contributed by atoms with E-state index in [0.29, 0.717) is 12.0 Å². The molecule has 1 aliphatic rings. The molecule has 2 aromatic rings.